The fourth-order valence-electron chi connectivity index (χ4n) is 3.34. The number of aryl methyl sites for hydroxylation is 1. The van der Waals surface area contributed by atoms with Crippen LogP contribution in [-0.2, 0) is 6.42 Å². The summed E-state index contributed by atoms with van der Waals surface area (Å²) in [5, 5.41) is 3.40. The average Bonchev–Trinajstić information content (AvgIpc) is 2.76. The molecule has 2 aromatic carbocycles. The first-order chi connectivity index (χ1) is 13.7. The van der Waals surface area contributed by atoms with E-state index in [0.717, 1.165) is 49.6 Å². The van der Waals surface area contributed by atoms with Crippen molar-refractivity contribution in [3.05, 3.63) is 72.2 Å². The number of hydrogen-bond donors (Lipinski definition) is 1. The number of benzene rings is 2. The monoisotopic (exact) mass is 377 g/mol. The lowest BCUT2D eigenvalue weighted by Gasteiger charge is -2.30. The Morgan fingerprint density at radius 3 is 2.25 bits per heavy atom. The first-order valence-corrected chi connectivity index (χ1v) is 9.72. The average molecular weight is 377 g/mol. The number of halogens is 1. The first kappa shape index (κ1) is 18.4. The molecule has 0 atom stereocenters. The predicted octanol–water partition coefficient (Wildman–Crippen LogP) is 4.65. The Bertz CT molecular complexity index is 920. The van der Waals surface area contributed by atoms with E-state index in [-0.39, 0.29) is 5.82 Å². The Hall–Kier alpha value is -2.92. The third kappa shape index (κ3) is 4.31. The number of aromatic nitrogens is 1. The number of nitrogens with zero attached hydrogens (tertiary/aromatic N) is 2. The van der Waals surface area contributed by atoms with Crippen LogP contribution < -0.4 is 15.0 Å². The van der Waals surface area contributed by atoms with Crippen LogP contribution in [0, 0.1) is 5.82 Å². The van der Waals surface area contributed by atoms with Crippen molar-refractivity contribution in [3.8, 4) is 22.8 Å². The molecule has 2 heterocycles. The van der Waals surface area contributed by atoms with Crippen molar-refractivity contribution in [2.45, 2.75) is 13.3 Å². The molecule has 1 saturated heterocycles. The molecule has 0 amide bonds. The molecule has 0 aliphatic carbocycles. The Labute approximate surface area is 165 Å². The van der Waals surface area contributed by atoms with Crippen molar-refractivity contribution < 1.29 is 9.13 Å². The van der Waals surface area contributed by atoms with Crippen LogP contribution in [0.1, 0.15) is 12.6 Å². The Morgan fingerprint density at radius 2 is 1.61 bits per heavy atom. The van der Waals surface area contributed by atoms with E-state index >= 15 is 0 Å². The lowest BCUT2D eigenvalue weighted by molar-refractivity contribution is 0.480. The Morgan fingerprint density at radius 1 is 0.964 bits per heavy atom. The minimum absolute atomic E-state index is 0.273. The highest BCUT2D eigenvalue weighted by molar-refractivity contribution is 5.66. The second-order valence-electron chi connectivity index (χ2n) is 6.87. The maximum absolute atomic E-state index is 13.0. The van der Waals surface area contributed by atoms with E-state index in [1.807, 2.05) is 24.3 Å². The number of ether oxygens (including phenoxy) is 1. The minimum Gasteiger partial charge on any atom is -0.457 e. The lowest BCUT2D eigenvalue weighted by atomic mass is 10.1. The molecule has 0 unspecified atom stereocenters. The first-order valence-electron chi connectivity index (χ1n) is 9.72. The van der Waals surface area contributed by atoms with Crippen LogP contribution in [0.4, 0.5) is 10.1 Å². The number of hydrogen-bond acceptors (Lipinski definition) is 4. The Balaban J connectivity index is 1.56. The summed E-state index contributed by atoms with van der Waals surface area (Å²) >= 11 is 0. The van der Waals surface area contributed by atoms with E-state index in [2.05, 4.69) is 29.3 Å². The van der Waals surface area contributed by atoms with Crippen LogP contribution >= 0.6 is 0 Å². The molecule has 0 radical (unpaired) electrons. The van der Waals surface area contributed by atoms with Gasteiger partial charge in [-0.3, -0.25) is 4.98 Å². The summed E-state index contributed by atoms with van der Waals surface area (Å²) in [7, 11) is 0. The van der Waals surface area contributed by atoms with E-state index < -0.39 is 0 Å². The molecular weight excluding hydrogens is 353 g/mol. The van der Waals surface area contributed by atoms with Gasteiger partial charge in [0.1, 0.15) is 17.3 Å². The van der Waals surface area contributed by atoms with Gasteiger partial charge in [-0.15, -0.1) is 0 Å². The molecule has 1 N–H and O–H groups in total. The van der Waals surface area contributed by atoms with Gasteiger partial charge in [0.2, 0.25) is 0 Å². The maximum atomic E-state index is 13.0. The second kappa shape index (κ2) is 8.40. The summed E-state index contributed by atoms with van der Waals surface area (Å²) < 4.78 is 18.8. The fourth-order valence-corrected chi connectivity index (χ4v) is 3.34. The molecule has 1 aliphatic heterocycles. The molecule has 4 rings (SSSR count). The Kier molecular flexibility index (Phi) is 5.53. The molecule has 4 nitrogen and oxygen atoms in total. The van der Waals surface area contributed by atoms with Gasteiger partial charge in [0.25, 0.3) is 0 Å². The van der Waals surface area contributed by atoms with Crippen LogP contribution in [0.3, 0.4) is 0 Å². The van der Waals surface area contributed by atoms with Crippen molar-refractivity contribution in [3.63, 3.8) is 0 Å². The zero-order chi connectivity index (χ0) is 19.3. The molecule has 1 aliphatic rings. The van der Waals surface area contributed by atoms with Crippen LogP contribution in [0.15, 0.2) is 60.7 Å². The van der Waals surface area contributed by atoms with Gasteiger partial charge in [-0.05, 0) is 67.1 Å². The molecule has 1 aromatic heterocycles. The predicted molar refractivity (Wildman–Crippen MR) is 111 cm³/mol. The third-order valence-electron chi connectivity index (χ3n) is 4.91. The molecule has 5 heteroatoms. The van der Waals surface area contributed by atoms with Crippen molar-refractivity contribution in [2.24, 2.45) is 0 Å². The van der Waals surface area contributed by atoms with Crippen LogP contribution in [0.5, 0.6) is 11.5 Å². The highest BCUT2D eigenvalue weighted by Gasteiger charge is 2.13. The van der Waals surface area contributed by atoms with Gasteiger partial charge in [-0.25, -0.2) is 4.39 Å². The largest absolute Gasteiger partial charge is 0.457 e. The molecule has 3 aromatic rings. The highest BCUT2D eigenvalue weighted by atomic mass is 19.1. The van der Waals surface area contributed by atoms with Crippen molar-refractivity contribution in [1.82, 2.24) is 10.3 Å². The van der Waals surface area contributed by atoms with Gasteiger partial charge in [0.15, 0.2) is 0 Å². The number of anilines is 1. The normalized spacial score (nSPS) is 14.1. The van der Waals surface area contributed by atoms with E-state index in [1.54, 1.807) is 12.1 Å². The van der Waals surface area contributed by atoms with Crippen LogP contribution in [0.2, 0.25) is 0 Å². The van der Waals surface area contributed by atoms with Crippen molar-refractivity contribution >= 4 is 5.69 Å². The third-order valence-corrected chi connectivity index (χ3v) is 4.91. The summed E-state index contributed by atoms with van der Waals surface area (Å²) in [5.74, 6) is 1.05. The smallest absolute Gasteiger partial charge is 0.127 e. The number of piperazine rings is 1. The minimum atomic E-state index is -0.273. The number of nitrogens with one attached hydrogen (secondary N) is 1. The number of rotatable bonds is 5. The van der Waals surface area contributed by atoms with Gasteiger partial charge in [-0.2, -0.15) is 0 Å². The van der Waals surface area contributed by atoms with Crippen molar-refractivity contribution in [2.75, 3.05) is 31.1 Å². The molecule has 144 valence electrons. The molecule has 0 saturated carbocycles. The summed E-state index contributed by atoms with van der Waals surface area (Å²) in [6, 6.07) is 18.3. The molecule has 1 fully saturated rings. The second-order valence-corrected chi connectivity index (χ2v) is 6.87. The summed E-state index contributed by atoms with van der Waals surface area (Å²) in [4.78, 5) is 7.23. The maximum Gasteiger partial charge on any atom is 0.127 e. The highest BCUT2D eigenvalue weighted by Crippen LogP contribution is 2.28. The topological polar surface area (TPSA) is 37.4 Å². The van der Waals surface area contributed by atoms with E-state index in [1.165, 1.54) is 17.8 Å². The molecule has 0 spiro atoms. The van der Waals surface area contributed by atoms with Crippen LogP contribution in [-0.4, -0.2) is 31.2 Å². The standard InChI is InChI=1S/C23H24FN3O/c1-2-19-15-20(27-13-11-25-12-14-27)16-23(26-19)17-3-7-21(8-4-17)28-22-9-5-18(24)6-10-22/h3-10,15-16,25H,2,11-14H2,1H3. The summed E-state index contributed by atoms with van der Waals surface area (Å²) in [6.07, 6.45) is 0.901. The molecule has 0 bridgehead atoms. The van der Waals surface area contributed by atoms with Gasteiger partial charge >= 0.3 is 0 Å². The quantitative estimate of drug-likeness (QED) is 0.702. The molecule has 28 heavy (non-hydrogen) atoms. The van der Waals surface area contributed by atoms with Gasteiger partial charge < -0.3 is 15.0 Å². The van der Waals surface area contributed by atoms with Crippen LogP contribution in [0.25, 0.3) is 11.3 Å². The van der Waals surface area contributed by atoms with E-state index in [4.69, 9.17) is 9.72 Å². The zero-order valence-electron chi connectivity index (χ0n) is 16.0. The van der Waals surface area contributed by atoms with Crippen molar-refractivity contribution in [1.29, 1.82) is 0 Å². The lowest BCUT2D eigenvalue weighted by Crippen LogP contribution is -2.43. The van der Waals surface area contributed by atoms with Gasteiger partial charge in [0.05, 0.1) is 5.69 Å². The number of pyridine rings is 1. The summed E-state index contributed by atoms with van der Waals surface area (Å²) in [6.45, 7) is 6.17. The SMILES string of the molecule is CCc1cc(N2CCNCC2)cc(-c2ccc(Oc3ccc(F)cc3)cc2)n1. The zero-order valence-corrected chi connectivity index (χ0v) is 16.0. The van der Waals surface area contributed by atoms with Gasteiger partial charge in [-0.1, -0.05) is 6.92 Å². The molecular formula is C23H24FN3O. The van der Waals surface area contributed by atoms with Gasteiger partial charge in [0, 0.05) is 43.1 Å². The van der Waals surface area contributed by atoms with E-state index in [9.17, 15) is 4.39 Å². The fraction of sp³-hybridized carbons (Fsp3) is 0.261. The summed E-state index contributed by atoms with van der Waals surface area (Å²) in [5.41, 5.74) is 4.35. The van der Waals surface area contributed by atoms with E-state index in [0.29, 0.717) is 11.5 Å².